The maximum Gasteiger partial charge on any atom is 0.227 e. The molecule has 0 saturated carbocycles. The molecule has 5 heteroatoms. The van der Waals surface area contributed by atoms with Gasteiger partial charge < -0.3 is 14.4 Å². The van der Waals surface area contributed by atoms with Crippen molar-refractivity contribution in [3.05, 3.63) is 29.8 Å². The van der Waals surface area contributed by atoms with Crippen LogP contribution in [0.3, 0.4) is 0 Å². The van der Waals surface area contributed by atoms with Gasteiger partial charge in [-0.2, -0.15) is 0 Å². The standard InChI is InChI=1S/C16H21NO3S/c1-19-13-5-3-4-12(6-13)7-15(18)17-10-16(11-17)8-14(20-2)9-21-16/h3-6,14H,7-11H2,1-2H3/t14-/m0/s1. The minimum Gasteiger partial charge on any atom is -0.497 e. The Balaban J connectivity index is 1.54. The fraction of sp³-hybridized carbons (Fsp3) is 0.562. The average Bonchev–Trinajstić information content (AvgIpc) is 2.90. The highest BCUT2D eigenvalue weighted by Gasteiger charge is 2.50. The van der Waals surface area contributed by atoms with Gasteiger partial charge in [-0.05, 0) is 24.1 Å². The Morgan fingerprint density at radius 3 is 2.90 bits per heavy atom. The van der Waals surface area contributed by atoms with Gasteiger partial charge in [-0.25, -0.2) is 0 Å². The Bertz CT molecular complexity index is 528. The summed E-state index contributed by atoms with van der Waals surface area (Å²) in [6.45, 7) is 1.72. The van der Waals surface area contributed by atoms with Gasteiger partial charge in [0.15, 0.2) is 0 Å². The summed E-state index contributed by atoms with van der Waals surface area (Å²) in [5.74, 6) is 2.05. The van der Waals surface area contributed by atoms with Crippen LogP contribution >= 0.6 is 11.8 Å². The van der Waals surface area contributed by atoms with Crippen molar-refractivity contribution in [1.29, 1.82) is 0 Å². The molecule has 3 rings (SSSR count). The number of benzene rings is 1. The molecule has 2 fully saturated rings. The number of carbonyl (C=O) groups excluding carboxylic acids is 1. The zero-order valence-electron chi connectivity index (χ0n) is 12.5. The summed E-state index contributed by atoms with van der Waals surface area (Å²) in [7, 11) is 3.41. The molecule has 1 aromatic rings. The van der Waals surface area contributed by atoms with Crippen LogP contribution in [0.4, 0.5) is 0 Å². The molecule has 2 saturated heterocycles. The minimum absolute atomic E-state index is 0.204. The predicted octanol–water partition coefficient (Wildman–Crippen LogP) is 1.97. The van der Waals surface area contributed by atoms with Gasteiger partial charge in [0.2, 0.25) is 5.91 Å². The maximum atomic E-state index is 12.3. The van der Waals surface area contributed by atoms with E-state index in [9.17, 15) is 4.79 Å². The second-order valence-electron chi connectivity index (χ2n) is 5.83. The van der Waals surface area contributed by atoms with Crippen LogP contribution in [0.25, 0.3) is 0 Å². The topological polar surface area (TPSA) is 38.8 Å². The molecule has 1 amide bonds. The zero-order valence-corrected chi connectivity index (χ0v) is 13.3. The Hall–Kier alpha value is -1.20. The molecule has 4 nitrogen and oxygen atoms in total. The highest BCUT2D eigenvalue weighted by Crippen LogP contribution is 2.45. The smallest absolute Gasteiger partial charge is 0.227 e. The molecule has 2 aliphatic rings. The summed E-state index contributed by atoms with van der Waals surface area (Å²) in [6, 6.07) is 7.72. The van der Waals surface area contributed by atoms with E-state index in [1.165, 1.54) is 0 Å². The molecule has 0 bridgehead atoms. The van der Waals surface area contributed by atoms with E-state index in [2.05, 4.69) is 0 Å². The van der Waals surface area contributed by atoms with Crippen molar-refractivity contribution >= 4 is 17.7 Å². The number of nitrogens with zero attached hydrogens (tertiary/aromatic N) is 1. The molecule has 21 heavy (non-hydrogen) atoms. The maximum absolute atomic E-state index is 12.3. The van der Waals surface area contributed by atoms with Crippen molar-refractivity contribution in [1.82, 2.24) is 4.90 Å². The van der Waals surface area contributed by atoms with Crippen LogP contribution in [0, 0.1) is 0 Å². The lowest BCUT2D eigenvalue weighted by Crippen LogP contribution is -2.61. The number of likely N-dealkylation sites (tertiary alicyclic amines) is 1. The molecule has 0 radical (unpaired) electrons. The highest BCUT2D eigenvalue weighted by molar-refractivity contribution is 8.01. The fourth-order valence-corrected chi connectivity index (χ4v) is 4.66. The van der Waals surface area contributed by atoms with E-state index in [-0.39, 0.29) is 10.7 Å². The lowest BCUT2D eigenvalue weighted by Gasteiger charge is -2.47. The minimum atomic E-state index is 0.204. The molecule has 2 aliphatic heterocycles. The first kappa shape index (κ1) is 14.7. The first-order valence-corrected chi connectivity index (χ1v) is 8.20. The van der Waals surface area contributed by atoms with Gasteiger partial charge >= 0.3 is 0 Å². The van der Waals surface area contributed by atoms with Crippen LogP contribution < -0.4 is 4.74 Å². The predicted molar refractivity (Wildman–Crippen MR) is 83.9 cm³/mol. The van der Waals surface area contributed by atoms with Gasteiger partial charge in [0, 0.05) is 26.0 Å². The monoisotopic (exact) mass is 307 g/mol. The lowest BCUT2D eigenvalue weighted by molar-refractivity contribution is -0.135. The van der Waals surface area contributed by atoms with Gasteiger partial charge in [-0.15, -0.1) is 11.8 Å². The third-order valence-corrected chi connectivity index (χ3v) is 5.88. The van der Waals surface area contributed by atoms with E-state index >= 15 is 0 Å². The summed E-state index contributed by atoms with van der Waals surface area (Å²) in [6.07, 6.45) is 1.87. The molecule has 1 aromatic carbocycles. The van der Waals surface area contributed by atoms with E-state index in [4.69, 9.17) is 9.47 Å². The third kappa shape index (κ3) is 3.04. The number of hydrogen-bond acceptors (Lipinski definition) is 4. The van der Waals surface area contributed by atoms with Crippen LogP contribution in [0.2, 0.25) is 0 Å². The first-order chi connectivity index (χ1) is 10.1. The molecule has 0 unspecified atom stereocenters. The van der Waals surface area contributed by atoms with Crippen molar-refractivity contribution in [2.45, 2.75) is 23.7 Å². The van der Waals surface area contributed by atoms with Gasteiger partial charge in [-0.1, -0.05) is 12.1 Å². The van der Waals surface area contributed by atoms with Gasteiger partial charge in [0.25, 0.3) is 0 Å². The van der Waals surface area contributed by atoms with Gasteiger partial charge in [-0.3, -0.25) is 4.79 Å². The van der Waals surface area contributed by atoms with Crippen LogP contribution in [-0.4, -0.2) is 54.7 Å². The van der Waals surface area contributed by atoms with Crippen molar-refractivity contribution in [3.63, 3.8) is 0 Å². The van der Waals surface area contributed by atoms with Crippen LogP contribution in [0.1, 0.15) is 12.0 Å². The van der Waals surface area contributed by atoms with Gasteiger partial charge in [0.1, 0.15) is 5.75 Å². The third-order valence-electron chi connectivity index (χ3n) is 4.31. The second kappa shape index (κ2) is 5.89. The van der Waals surface area contributed by atoms with Crippen molar-refractivity contribution in [2.75, 3.05) is 33.1 Å². The summed E-state index contributed by atoms with van der Waals surface area (Å²) in [5.41, 5.74) is 1.01. The molecule has 0 aromatic heterocycles. The molecular formula is C16H21NO3S. The molecule has 2 heterocycles. The number of amides is 1. The second-order valence-corrected chi connectivity index (χ2v) is 7.32. The number of methoxy groups -OCH3 is 2. The van der Waals surface area contributed by atoms with E-state index in [1.54, 1.807) is 14.2 Å². The fourth-order valence-electron chi connectivity index (χ4n) is 3.07. The number of carbonyl (C=O) groups is 1. The number of rotatable bonds is 4. The Morgan fingerprint density at radius 2 is 2.24 bits per heavy atom. The zero-order chi connectivity index (χ0) is 14.9. The summed E-state index contributed by atoms with van der Waals surface area (Å²) < 4.78 is 10.9. The molecule has 0 N–H and O–H groups in total. The van der Waals surface area contributed by atoms with Crippen molar-refractivity contribution in [3.8, 4) is 5.75 Å². The molecular weight excluding hydrogens is 286 g/mol. The van der Waals surface area contributed by atoms with E-state index in [1.807, 2.05) is 40.9 Å². The number of hydrogen-bond donors (Lipinski definition) is 0. The molecule has 0 aliphatic carbocycles. The largest absolute Gasteiger partial charge is 0.497 e. The number of thioether (sulfide) groups is 1. The Morgan fingerprint density at radius 1 is 1.43 bits per heavy atom. The summed E-state index contributed by atoms with van der Waals surface area (Å²) in [4.78, 5) is 14.3. The summed E-state index contributed by atoms with van der Waals surface area (Å²) in [5, 5.41) is 0. The van der Waals surface area contributed by atoms with Crippen LogP contribution in [0.5, 0.6) is 5.75 Å². The normalized spacial score (nSPS) is 23.1. The van der Waals surface area contributed by atoms with Crippen molar-refractivity contribution in [2.24, 2.45) is 0 Å². The first-order valence-electron chi connectivity index (χ1n) is 7.21. The van der Waals surface area contributed by atoms with Crippen LogP contribution in [0.15, 0.2) is 24.3 Å². The number of ether oxygens (including phenoxy) is 2. The van der Waals surface area contributed by atoms with E-state index in [0.717, 1.165) is 36.6 Å². The Labute approximate surface area is 129 Å². The average molecular weight is 307 g/mol. The summed E-state index contributed by atoms with van der Waals surface area (Å²) >= 11 is 1.96. The van der Waals surface area contributed by atoms with Crippen LogP contribution in [-0.2, 0) is 16.0 Å². The van der Waals surface area contributed by atoms with E-state index < -0.39 is 0 Å². The molecule has 1 spiro atoms. The lowest BCUT2D eigenvalue weighted by atomic mass is 9.92. The van der Waals surface area contributed by atoms with E-state index in [0.29, 0.717) is 12.5 Å². The SMILES string of the molecule is COc1cccc(CC(=O)N2CC3(C[C@H](OC)CS3)C2)c1. The molecule has 114 valence electrons. The van der Waals surface area contributed by atoms with Crippen molar-refractivity contribution < 1.29 is 14.3 Å². The quantitative estimate of drug-likeness (QED) is 0.852. The highest BCUT2D eigenvalue weighted by atomic mass is 32.2. The molecule has 1 atom stereocenters. The van der Waals surface area contributed by atoms with Gasteiger partial charge in [0.05, 0.1) is 24.4 Å². The Kier molecular flexibility index (Phi) is 4.13.